The molecule has 0 unspecified atom stereocenters. The van der Waals surface area contributed by atoms with Gasteiger partial charge in [0.2, 0.25) is 0 Å². The van der Waals surface area contributed by atoms with Gasteiger partial charge in [0, 0.05) is 52.4 Å². The lowest BCUT2D eigenvalue weighted by atomic mass is 9.97. The summed E-state index contributed by atoms with van der Waals surface area (Å²) in [6.07, 6.45) is 5.15. The Morgan fingerprint density at radius 2 is 1.60 bits per heavy atom. The number of hydrogen-bond acceptors (Lipinski definition) is 5. The Bertz CT molecular complexity index is 451. The molecule has 0 bridgehead atoms. The van der Waals surface area contributed by atoms with E-state index in [1.807, 2.05) is 0 Å². The van der Waals surface area contributed by atoms with E-state index in [2.05, 4.69) is 41.2 Å². The summed E-state index contributed by atoms with van der Waals surface area (Å²) in [5, 5.41) is 7.12. The lowest BCUT2D eigenvalue weighted by Gasteiger charge is -2.33. The number of nitrogens with zero attached hydrogens (tertiary/aromatic N) is 3. The minimum atomic E-state index is 0. The van der Waals surface area contributed by atoms with Crippen molar-refractivity contribution in [1.29, 1.82) is 0 Å². The Labute approximate surface area is 201 Å². The van der Waals surface area contributed by atoms with Crippen LogP contribution < -0.4 is 10.6 Å². The first kappa shape index (κ1) is 27.9. The third-order valence-corrected chi connectivity index (χ3v) is 5.96. The molecule has 0 aliphatic carbocycles. The van der Waals surface area contributed by atoms with Crippen molar-refractivity contribution in [2.45, 2.75) is 58.6 Å². The molecule has 2 aliphatic rings. The van der Waals surface area contributed by atoms with E-state index in [0.29, 0.717) is 18.1 Å². The quantitative estimate of drug-likeness (QED) is 0.239. The molecule has 0 aromatic rings. The second kappa shape index (κ2) is 16.5. The highest BCUT2D eigenvalue weighted by atomic mass is 127. The van der Waals surface area contributed by atoms with E-state index in [0.717, 1.165) is 58.4 Å². The zero-order valence-corrected chi connectivity index (χ0v) is 22.0. The largest absolute Gasteiger partial charge is 0.383 e. The number of halogens is 1. The van der Waals surface area contributed by atoms with Crippen molar-refractivity contribution in [3.63, 3.8) is 0 Å². The van der Waals surface area contributed by atoms with E-state index >= 15 is 0 Å². The highest BCUT2D eigenvalue weighted by Crippen LogP contribution is 2.17. The summed E-state index contributed by atoms with van der Waals surface area (Å²) in [6.45, 7) is 16.6. The standard InChI is InChI=1S/C22H45N5O2.HI/c1-5-23-22(24-18-20-6-10-26(11-7-20)14-16-28-4)25-21-8-12-27(13-9-21)15-17-29-19(2)3;/h19-21H,5-18H2,1-4H3,(H2,23,24,25);1H. The van der Waals surface area contributed by atoms with Crippen molar-refractivity contribution in [2.75, 3.05) is 72.7 Å². The molecule has 7 nitrogen and oxygen atoms in total. The van der Waals surface area contributed by atoms with Crippen LogP contribution in [0.5, 0.6) is 0 Å². The molecule has 2 fully saturated rings. The molecule has 0 spiro atoms. The molecule has 0 aromatic heterocycles. The first-order chi connectivity index (χ1) is 14.1. The number of piperidine rings is 2. The second-order valence-electron chi connectivity index (χ2n) is 8.68. The minimum Gasteiger partial charge on any atom is -0.383 e. The van der Waals surface area contributed by atoms with Gasteiger partial charge in [0.25, 0.3) is 0 Å². The van der Waals surface area contributed by atoms with Crippen molar-refractivity contribution >= 4 is 29.9 Å². The van der Waals surface area contributed by atoms with Gasteiger partial charge in [-0.2, -0.15) is 0 Å². The molecular formula is C22H46IN5O2. The van der Waals surface area contributed by atoms with Crippen molar-refractivity contribution in [3.8, 4) is 0 Å². The average Bonchev–Trinajstić information content (AvgIpc) is 2.72. The van der Waals surface area contributed by atoms with Gasteiger partial charge in [-0.05, 0) is 65.5 Å². The fourth-order valence-corrected chi connectivity index (χ4v) is 4.07. The summed E-state index contributed by atoms with van der Waals surface area (Å²) in [7, 11) is 1.78. The molecule has 178 valence electrons. The summed E-state index contributed by atoms with van der Waals surface area (Å²) >= 11 is 0. The average molecular weight is 540 g/mol. The molecule has 30 heavy (non-hydrogen) atoms. The number of hydrogen-bond donors (Lipinski definition) is 2. The zero-order chi connectivity index (χ0) is 20.9. The van der Waals surface area contributed by atoms with E-state index < -0.39 is 0 Å². The van der Waals surface area contributed by atoms with Gasteiger partial charge in [0.1, 0.15) is 0 Å². The maximum Gasteiger partial charge on any atom is 0.191 e. The normalized spacial score (nSPS) is 20.4. The van der Waals surface area contributed by atoms with Crippen LogP contribution >= 0.6 is 24.0 Å². The Balaban J connectivity index is 0.00000450. The Morgan fingerprint density at radius 1 is 1.00 bits per heavy atom. The summed E-state index contributed by atoms with van der Waals surface area (Å²) < 4.78 is 10.9. The highest BCUT2D eigenvalue weighted by Gasteiger charge is 2.21. The third kappa shape index (κ3) is 11.5. The maximum absolute atomic E-state index is 5.69. The van der Waals surface area contributed by atoms with Crippen molar-refractivity contribution in [2.24, 2.45) is 10.9 Å². The lowest BCUT2D eigenvalue weighted by Crippen LogP contribution is -2.49. The Hall–Kier alpha value is -0.160. The van der Waals surface area contributed by atoms with Gasteiger partial charge in [-0.3, -0.25) is 4.99 Å². The van der Waals surface area contributed by atoms with Crippen LogP contribution in [0.15, 0.2) is 4.99 Å². The number of nitrogens with one attached hydrogen (secondary N) is 2. The van der Waals surface area contributed by atoms with Crippen LogP contribution in [0.3, 0.4) is 0 Å². The SMILES string of the molecule is CCNC(=NCC1CCN(CCOC)CC1)NC1CCN(CCOC(C)C)CC1.I. The van der Waals surface area contributed by atoms with E-state index in [-0.39, 0.29) is 24.0 Å². The molecule has 2 N–H and O–H groups in total. The molecule has 0 radical (unpaired) electrons. The number of guanidine groups is 1. The molecule has 0 saturated carbocycles. The number of methoxy groups -OCH3 is 1. The van der Waals surface area contributed by atoms with Crippen molar-refractivity contribution < 1.29 is 9.47 Å². The van der Waals surface area contributed by atoms with Crippen LogP contribution in [0.25, 0.3) is 0 Å². The predicted molar refractivity (Wildman–Crippen MR) is 136 cm³/mol. The van der Waals surface area contributed by atoms with Gasteiger partial charge in [-0.25, -0.2) is 0 Å². The number of rotatable bonds is 11. The van der Waals surface area contributed by atoms with Gasteiger partial charge >= 0.3 is 0 Å². The first-order valence-electron chi connectivity index (χ1n) is 11.7. The molecule has 2 heterocycles. The Kier molecular flexibility index (Phi) is 15.3. The zero-order valence-electron chi connectivity index (χ0n) is 19.7. The summed E-state index contributed by atoms with van der Waals surface area (Å²) in [6, 6.07) is 0.519. The summed E-state index contributed by atoms with van der Waals surface area (Å²) in [4.78, 5) is 9.95. The van der Waals surface area contributed by atoms with Crippen LogP contribution in [0.1, 0.15) is 46.5 Å². The topological polar surface area (TPSA) is 61.4 Å². The summed E-state index contributed by atoms with van der Waals surface area (Å²) in [5.41, 5.74) is 0. The highest BCUT2D eigenvalue weighted by molar-refractivity contribution is 14.0. The summed E-state index contributed by atoms with van der Waals surface area (Å²) in [5.74, 6) is 1.70. The molecule has 2 aliphatic heterocycles. The second-order valence-corrected chi connectivity index (χ2v) is 8.68. The first-order valence-corrected chi connectivity index (χ1v) is 11.7. The number of aliphatic imine (C=N–C) groups is 1. The molecule has 2 saturated heterocycles. The number of likely N-dealkylation sites (tertiary alicyclic amines) is 2. The molecule has 8 heteroatoms. The van der Waals surface area contributed by atoms with Gasteiger partial charge in [0.05, 0.1) is 19.3 Å². The molecule has 0 atom stereocenters. The van der Waals surface area contributed by atoms with Gasteiger partial charge in [0.15, 0.2) is 5.96 Å². The van der Waals surface area contributed by atoms with Gasteiger partial charge in [-0.15, -0.1) is 24.0 Å². The van der Waals surface area contributed by atoms with Gasteiger partial charge < -0.3 is 29.9 Å². The van der Waals surface area contributed by atoms with Gasteiger partial charge in [-0.1, -0.05) is 0 Å². The lowest BCUT2D eigenvalue weighted by molar-refractivity contribution is 0.0532. The van der Waals surface area contributed by atoms with Crippen LogP contribution in [0.2, 0.25) is 0 Å². The molecule has 0 aromatic carbocycles. The van der Waals surface area contributed by atoms with Crippen LogP contribution in [0.4, 0.5) is 0 Å². The minimum absolute atomic E-state index is 0. The van der Waals surface area contributed by atoms with Crippen LogP contribution in [0, 0.1) is 5.92 Å². The monoisotopic (exact) mass is 539 g/mol. The van der Waals surface area contributed by atoms with E-state index in [1.165, 1.54) is 38.8 Å². The smallest absolute Gasteiger partial charge is 0.191 e. The maximum atomic E-state index is 5.69. The molecule has 2 rings (SSSR count). The Morgan fingerprint density at radius 3 is 2.17 bits per heavy atom. The predicted octanol–water partition coefficient (Wildman–Crippen LogP) is 2.41. The van der Waals surface area contributed by atoms with E-state index in [1.54, 1.807) is 7.11 Å². The number of ether oxygens (including phenoxy) is 2. The molecule has 0 amide bonds. The van der Waals surface area contributed by atoms with E-state index in [4.69, 9.17) is 14.5 Å². The molecular weight excluding hydrogens is 493 g/mol. The van der Waals surface area contributed by atoms with E-state index in [9.17, 15) is 0 Å². The third-order valence-electron chi connectivity index (χ3n) is 5.96. The van der Waals surface area contributed by atoms with Crippen LogP contribution in [-0.4, -0.2) is 101 Å². The van der Waals surface area contributed by atoms with Crippen LogP contribution in [-0.2, 0) is 9.47 Å². The fourth-order valence-electron chi connectivity index (χ4n) is 4.07. The van der Waals surface area contributed by atoms with Crippen molar-refractivity contribution in [1.82, 2.24) is 20.4 Å². The fraction of sp³-hybridized carbons (Fsp3) is 0.955. The van der Waals surface area contributed by atoms with Crippen molar-refractivity contribution in [3.05, 3.63) is 0 Å².